The summed E-state index contributed by atoms with van der Waals surface area (Å²) < 4.78 is 20.9. The number of amides is 1. The number of nitrogens with one attached hydrogen (secondary N) is 1. The van der Waals surface area contributed by atoms with Crippen LogP contribution in [0.25, 0.3) is 0 Å². The Morgan fingerprint density at radius 3 is 2.23 bits per heavy atom. The van der Waals surface area contributed by atoms with E-state index in [9.17, 15) is 19.7 Å². The van der Waals surface area contributed by atoms with E-state index < -0.39 is 40.7 Å². The van der Waals surface area contributed by atoms with Gasteiger partial charge in [-0.3, -0.25) is 19.7 Å². The van der Waals surface area contributed by atoms with Gasteiger partial charge in [0.25, 0.3) is 0 Å². The molecule has 0 aliphatic carbocycles. The maximum Gasteiger partial charge on any atom is 0.319 e. The van der Waals surface area contributed by atoms with Crippen LogP contribution in [0.15, 0.2) is 29.6 Å². The number of piperidine rings is 1. The lowest BCUT2D eigenvalue weighted by atomic mass is 9.74. The summed E-state index contributed by atoms with van der Waals surface area (Å²) in [5.74, 6) is -3.30. The smallest absolute Gasteiger partial charge is 0.319 e. The highest BCUT2D eigenvalue weighted by Crippen LogP contribution is 2.46. The Balaban J connectivity index is 2.25. The topological polar surface area (TPSA) is 126 Å². The molecule has 2 aromatic rings. The SMILES string of the molecule is COC(=O)[C@@H]1C(=O)N[C@@H](c2cccs2)[C@H]([N+](=O)[O-])[C@H]1c1cc(OC)c(OC)c(OC)c1. The molecule has 166 valence electrons. The Kier molecular flexibility index (Phi) is 6.64. The van der Waals surface area contributed by atoms with Crippen molar-refractivity contribution >= 4 is 23.2 Å². The molecule has 3 rings (SSSR count). The van der Waals surface area contributed by atoms with Crippen molar-refractivity contribution in [2.75, 3.05) is 28.4 Å². The molecule has 1 saturated heterocycles. The van der Waals surface area contributed by atoms with E-state index in [-0.39, 0.29) is 17.2 Å². The minimum absolute atomic E-state index is 0.251. The molecule has 0 bridgehead atoms. The number of methoxy groups -OCH3 is 4. The second-order valence-electron chi connectivity index (χ2n) is 6.76. The van der Waals surface area contributed by atoms with Crippen molar-refractivity contribution in [3.05, 3.63) is 50.2 Å². The molecular weight excluding hydrogens is 428 g/mol. The van der Waals surface area contributed by atoms with Gasteiger partial charge in [0.2, 0.25) is 17.7 Å². The van der Waals surface area contributed by atoms with Crippen molar-refractivity contribution in [2.45, 2.75) is 18.0 Å². The lowest BCUT2D eigenvalue weighted by Gasteiger charge is -2.37. The molecule has 1 fully saturated rings. The molecule has 0 radical (unpaired) electrons. The average Bonchev–Trinajstić information content (AvgIpc) is 3.31. The lowest BCUT2D eigenvalue weighted by Crippen LogP contribution is -2.56. The highest BCUT2D eigenvalue weighted by Gasteiger charge is 2.56. The standard InChI is InChI=1S/C20H22N2O8S/c1-27-11-8-10(9-12(28-2)18(11)29-3)14-15(20(24)30-4)19(23)21-16(17(14)22(25)26)13-6-5-7-31-13/h5-9,14-17H,1-4H3,(H,21,23)/t14-,15-,16-,17+/m0/s1. The van der Waals surface area contributed by atoms with Gasteiger partial charge in [-0.1, -0.05) is 6.07 Å². The van der Waals surface area contributed by atoms with E-state index in [0.29, 0.717) is 10.4 Å². The van der Waals surface area contributed by atoms with Crippen LogP contribution < -0.4 is 19.5 Å². The third kappa shape index (κ3) is 4.00. The van der Waals surface area contributed by atoms with Gasteiger partial charge in [0.05, 0.1) is 34.4 Å². The second-order valence-corrected chi connectivity index (χ2v) is 7.74. The third-order valence-corrected chi connectivity index (χ3v) is 6.22. The van der Waals surface area contributed by atoms with Crippen LogP contribution in [-0.2, 0) is 14.3 Å². The number of thiophene rings is 1. The number of benzene rings is 1. The van der Waals surface area contributed by atoms with Gasteiger partial charge >= 0.3 is 5.97 Å². The van der Waals surface area contributed by atoms with Crippen molar-refractivity contribution in [1.29, 1.82) is 0 Å². The zero-order chi connectivity index (χ0) is 22.7. The minimum atomic E-state index is -1.43. The van der Waals surface area contributed by atoms with E-state index in [1.807, 2.05) is 0 Å². The van der Waals surface area contributed by atoms with E-state index in [1.54, 1.807) is 17.5 Å². The number of rotatable bonds is 7. The van der Waals surface area contributed by atoms with Gasteiger partial charge in [-0.15, -0.1) is 11.3 Å². The Morgan fingerprint density at radius 1 is 1.13 bits per heavy atom. The molecule has 11 heteroatoms. The highest BCUT2D eigenvalue weighted by atomic mass is 32.1. The summed E-state index contributed by atoms with van der Waals surface area (Å²) >= 11 is 1.28. The zero-order valence-electron chi connectivity index (χ0n) is 17.3. The maximum atomic E-state index is 13.0. The summed E-state index contributed by atoms with van der Waals surface area (Å²) in [6, 6.07) is 4.21. The van der Waals surface area contributed by atoms with E-state index in [2.05, 4.69) is 5.32 Å². The molecule has 1 amide bonds. The Hall–Kier alpha value is -3.34. The predicted molar refractivity (Wildman–Crippen MR) is 110 cm³/mol. The van der Waals surface area contributed by atoms with Crippen LogP contribution >= 0.6 is 11.3 Å². The van der Waals surface area contributed by atoms with Gasteiger partial charge in [-0.25, -0.2) is 0 Å². The van der Waals surface area contributed by atoms with Gasteiger partial charge in [0, 0.05) is 9.80 Å². The van der Waals surface area contributed by atoms with Gasteiger partial charge in [-0.2, -0.15) is 0 Å². The first-order chi connectivity index (χ1) is 14.9. The Labute approximate surface area is 182 Å². The number of ether oxygens (including phenoxy) is 4. The molecule has 1 aromatic carbocycles. The summed E-state index contributed by atoms with van der Waals surface area (Å²) in [7, 11) is 5.38. The number of nitrogens with zero attached hydrogens (tertiary/aromatic N) is 1. The van der Waals surface area contributed by atoms with Crippen LogP contribution in [0.2, 0.25) is 0 Å². The molecule has 1 N–H and O–H groups in total. The van der Waals surface area contributed by atoms with Crippen LogP contribution in [0.3, 0.4) is 0 Å². The van der Waals surface area contributed by atoms with Gasteiger partial charge in [-0.05, 0) is 29.1 Å². The van der Waals surface area contributed by atoms with E-state index in [1.165, 1.54) is 44.8 Å². The third-order valence-electron chi connectivity index (χ3n) is 5.27. The van der Waals surface area contributed by atoms with Crippen LogP contribution in [0, 0.1) is 16.0 Å². The van der Waals surface area contributed by atoms with Crippen molar-refractivity contribution in [2.24, 2.45) is 5.92 Å². The first kappa shape index (κ1) is 22.3. The summed E-state index contributed by atoms with van der Waals surface area (Å²) in [4.78, 5) is 37.9. The van der Waals surface area contributed by atoms with Crippen LogP contribution in [-0.4, -0.2) is 51.3 Å². The molecule has 1 aliphatic rings. The first-order valence-corrected chi connectivity index (χ1v) is 10.1. The summed E-state index contributed by atoms with van der Waals surface area (Å²) in [6.07, 6.45) is 0. The monoisotopic (exact) mass is 450 g/mol. The number of carbonyl (C=O) groups is 2. The molecule has 10 nitrogen and oxygen atoms in total. The molecule has 2 heterocycles. The fourth-order valence-corrected chi connectivity index (χ4v) is 4.74. The maximum absolute atomic E-state index is 13.0. The lowest BCUT2D eigenvalue weighted by molar-refractivity contribution is -0.534. The molecular formula is C20H22N2O8S. The fourth-order valence-electron chi connectivity index (χ4n) is 3.92. The largest absolute Gasteiger partial charge is 0.493 e. The van der Waals surface area contributed by atoms with E-state index in [4.69, 9.17) is 18.9 Å². The summed E-state index contributed by atoms with van der Waals surface area (Å²) in [5, 5.41) is 16.7. The number of carbonyl (C=O) groups excluding carboxylic acids is 2. The molecule has 0 spiro atoms. The molecule has 4 atom stereocenters. The van der Waals surface area contributed by atoms with Crippen molar-refractivity contribution in [1.82, 2.24) is 5.32 Å². The van der Waals surface area contributed by atoms with Crippen molar-refractivity contribution < 1.29 is 33.5 Å². The number of hydrogen-bond acceptors (Lipinski definition) is 9. The molecule has 0 saturated carbocycles. The predicted octanol–water partition coefficient (Wildman–Crippen LogP) is 2.16. The quantitative estimate of drug-likeness (QED) is 0.294. The number of hydrogen-bond donors (Lipinski definition) is 1. The number of esters is 1. The Bertz CT molecular complexity index is 953. The summed E-state index contributed by atoms with van der Waals surface area (Å²) in [6.45, 7) is 0. The molecule has 1 aromatic heterocycles. The molecule has 0 unspecified atom stereocenters. The normalized spacial score (nSPS) is 22.9. The molecule has 1 aliphatic heterocycles. The zero-order valence-corrected chi connectivity index (χ0v) is 18.1. The Morgan fingerprint density at radius 2 is 1.77 bits per heavy atom. The van der Waals surface area contributed by atoms with Gasteiger partial charge in [0.1, 0.15) is 12.0 Å². The first-order valence-electron chi connectivity index (χ1n) is 9.22. The van der Waals surface area contributed by atoms with Crippen LogP contribution in [0.5, 0.6) is 17.2 Å². The van der Waals surface area contributed by atoms with Crippen LogP contribution in [0.4, 0.5) is 0 Å². The highest BCUT2D eigenvalue weighted by molar-refractivity contribution is 7.10. The van der Waals surface area contributed by atoms with Crippen LogP contribution in [0.1, 0.15) is 22.4 Å². The van der Waals surface area contributed by atoms with Gasteiger partial charge in [0.15, 0.2) is 11.5 Å². The van der Waals surface area contributed by atoms with E-state index in [0.717, 1.165) is 7.11 Å². The number of nitro groups is 1. The summed E-state index contributed by atoms with van der Waals surface area (Å²) in [5.41, 5.74) is 0.322. The second kappa shape index (κ2) is 9.21. The average molecular weight is 450 g/mol. The molecule has 31 heavy (non-hydrogen) atoms. The van der Waals surface area contributed by atoms with E-state index >= 15 is 0 Å². The van der Waals surface area contributed by atoms with Gasteiger partial charge < -0.3 is 24.3 Å². The fraction of sp³-hybridized carbons (Fsp3) is 0.400. The van der Waals surface area contributed by atoms with Crippen molar-refractivity contribution in [3.8, 4) is 17.2 Å². The minimum Gasteiger partial charge on any atom is -0.493 e. The van der Waals surface area contributed by atoms with Crippen molar-refractivity contribution in [3.63, 3.8) is 0 Å².